The summed E-state index contributed by atoms with van der Waals surface area (Å²) in [7, 11) is 0. The maximum Gasteiger partial charge on any atom is 0.242 e. The van der Waals surface area contributed by atoms with Crippen molar-refractivity contribution in [3.8, 4) is 0 Å². The van der Waals surface area contributed by atoms with Crippen LogP contribution in [0.4, 0.5) is 5.95 Å². The highest BCUT2D eigenvalue weighted by Gasteiger charge is 2.02. The normalized spacial score (nSPS) is 10.3. The van der Waals surface area contributed by atoms with E-state index in [1.54, 1.807) is 11.8 Å². The van der Waals surface area contributed by atoms with E-state index in [-0.39, 0.29) is 0 Å². The molecule has 0 unspecified atom stereocenters. The van der Waals surface area contributed by atoms with Crippen LogP contribution in [-0.4, -0.2) is 21.7 Å². The molecule has 0 aliphatic carbocycles. The predicted octanol–water partition coefficient (Wildman–Crippen LogP) is 3.17. The Morgan fingerprint density at radius 2 is 2.17 bits per heavy atom. The monoisotopic (exact) mass is 260 g/mol. The van der Waals surface area contributed by atoms with E-state index in [1.807, 2.05) is 13.0 Å². The molecule has 94 valence electrons. The summed E-state index contributed by atoms with van der Waals surface area (Å²) in [6.07, 6.45) is 1.84. The van der Waals surface area contributed by atoms with Gasteiger partial charge in [-0.2, -0.15) is 4.98 Å². The molecule has 1 aromatic carbocycles. The highest BCUT2D eigenvalue weighted by atomic mass is 32.2. The van der Waals surface area contributed by atoms with Crippen molar-refractivity contribution >= 4 is 23.8 Å². The van der Waals surface area contributed by atoms with E-state index < -0.39 is 0 Å². The Bertz CT molecular complexity index is 504. The number of nitrogens with one attached hydrogen (secondary N) is 2. The van der Waals surface area contributed by atoms with Gasteiger partial charge in [0.25, 0.3) is 0 Å². The van der Waals surface area contributed by atoms with Gasteiger partial charge >= 0.3 is 0 Å². The summed E-state index contributed by atoms with van der Waals surface area (Å²) >= 11 is 1.64. The number of hydrogen-bond acceptors (Lipinski definition) is 4. The fourth-order valence-corrected chi connectivity index (χ4v) is 2.21. The van der Waals surface area contributed by atoms with Gasteiger partial charge in [-0.3, -0.25) is 5.10 Å². The lowest BCUT2D eigenvalue weighted by molar-refractivity contribution is 0.972. The van der Waals surface area contributed by atoms with Crippen LogP contribution in [0.3, 0.4) is 0 Å². The van der Waals surface area contributed by atoms with E-state index in [4.69, 9.17) is 0 Å². The second kappa shape index (κ2) is 6.26. The van der Waals surface area contributed by atoms with Gasteiger partial charge in [0.2, 0.25) is 5.95 Å². The highest BCUT2D eigenvalue weighted by molar-refractivity contribution is 7.98. The zero-order chi connectivity index (χ0) is 12.8. The molecule has 0 bridgehead atoms. The van der Waals surface area contributed by atoms with Crippen LogP contribution in [-0.2, 0) is 5.75 Å². The molecule has 0 amide bonds. The molecule has 0 spiro atoms. The summed E-state index contributed by atoms with van der Waals surface area (Å²) < 4.78 is 0. The standard InChI is InChI=1S/C13H16N4S/c1-3-10-5-7-11(8-6-10)9-18-13-15-12(14-4-2)16-17-13/h3,5-8H,1,4,9H2,2H3,(H2,14,15,16,17). The third-order valence-electron chi connectivity index (χ3n) is 2.39. The minimum atomic E-state index is 0.655. The fourth-order valence-electron chi connectivity index (χ4n) is 1.45. The van der Waals surface area contributed by atoms with E-state index in [2.05, 4.69) is 51.3 Å². The van der Waals surface area contributed by atoms with E-state index in [1.165, 1.54) is 5.56 Å². The van der Waals surface area contributed by atoms with Crippen LogP contribution < -0.4 is 5.32 Å². The lowest BCUT2D eigenvalue weighted by Gasteiger charge is -1.99. The number of benzene rings is 1. The Morgan fingerprint density at radius 1 is 1.39 bits per heavy atom. The van der Waals surface area contributed by atoms with E-state index in [9.17, 15) is 0 Å². The van der Waals surface area contributed by atoms with Crippen molar-refractivity contribution in [2.24, 2.45) is 0 Å². The van der Waals surface area contributed by atoms with Gasteiger partial charge in [0.15, 0.2) is 5.16 Å². The molecule has 0 saturated heterocycles. The zero-order valence-electron chi connectivity index (χ0n) is 10.3. The minimum absolute atomic E-state index is 0.655. The van der Waals surface area contributed by atoms with Gasteiger partial charge in [0, 0.05) is 12.3 Å². The molecule has 5 heteroatoms. The summed E-state index contributed by atoms with van der Waals surface area (Å²) in [4.78, 5) is 4.32. The van der Waals surface area contributed by atoms with Gasteiger partial charge in [-0.15, -0.1) is 5.10 Å². The van der Waals surface area contributed by atoms with Crippen LogP contribution in [0.5, 0.6) is 0 Å². The van der Waals surface area contributed by atoms with Gasteiger partial charge in [-0.1, -0.05) is 48.7 Å². The van der Waals surface area contributed by atoms with Gasteiger partial charge in [0.05, 0.1) is 0 Å². The zero-order valence-corrected chi connectivity index (χ0v) is 11.1. The third-order valence-corrected chi connectivity index (χ3v) is 3.32. The van der Waals surface area contributed by atoms with E-state index in [0.29, 0.717) is 5.95 Å². The Morgan fingerprint density at radius 3 is 2.83 bits per heavy atom. The van der Waals surface area contributed by atoms with Crippen molar-refractivity contribution in [1.82, 2.24) is 15.2 Å². The summed E-state index contributed by atoms with van der Waals surface area (Å²) in [6.45, 7) is 6.58. The van der Waals surface area contributed by atoms with Crippen molar-refractivity contribution < 1.29 is 0 Å². The number of hydrogen-bond donors (Lipinski definition) is 2. The van der Waals surface area contributed by atoms with Gasteiger partial charge in [-0.05, 0) is 18.1 Å². The molecule has 0 aliphatic heterocycles. The maximum atomic E-state index is 4.32. The quantitative estimate of drug-likeness (QED) is 0.783. The van der Waals surface area contributed by atoms with E-state index in [0.717, 1.165) is 23.0 Å². The number of H-pyrrole nitrogens is 1. The van der Waals surface area contributed by atoms with Crippen LogP contribution in [0.15, 0.2) is 36.0 Å². The molecule has 4 nitrogen and oxygen atoms in total. The van der Waals surface area contributed by atoms with Crippen molar-refractivity contribution in [2.45, 2.75) is 17.8 Å². The molecule has 0 saturated carbocycles. The number of aromatic nitrogens is 3. The number of anilines is 1. The first kappa shape index (κ1) is 12.7. The van der Waals surface area contributed by atoms with Crippen molar-refractivity contribution in [1.29, 1.82) is 0 Å². The number of rotatable bonds is 6. The smallest absolute Gasteiger partial charge is 0.242 e. The lowest BCUT2D eigenvalue weighted by Crippen LogP contribution is -1.97. The molecule has 0 fully saturated rings. The molecule has 2 rings (SSSR count). The SMILES string of the molecule is C=Cc1ccc(CSc2nc(NCC)n[nH]2)cc1. The van der Waals surface area contributed by atoms with Crippen molar-refractivity contribution in [2.75, 3.05) is 11.9 Å². The third kappa shape index (κ3) is 3.37. The van der Waals surface area contributed by atoms with Gasteiger partial charge < -0.3 is 5.32 Å². The number of aromatic amines is 1. The van der Waals surface area contributed by atoms with Gasteiger partial charge in [0.1, 0.15) is 0 Å². The second-order valence-electron chi connectivity index (χ2n) is 3.73. The Kier molecular flexibility index (Phi) is 4.41. The molecular formula is C13H16N4S. The summed E-state index contributed by atoms with van der Waals surface area (Å²) in [5.74, 6) is 1.53. The number of nitrogens with zero attached hydrogens (tertiary/aromatic N) is 2. The van der Waals surface area contributed by atoms with Gasteiger partial charge in [-0.25, -0.2) is 0 Å². The average molecular weight is 260 g/mol. The van der Waals surface area contributed by atoms with E-state index >= 15 is 0 Å². The first-order valence-corrected chi connectivity index (χ1v) is 6.81. The summed E-state index contributed by atoms with van der Waals surface area (Å²) in [6, 6.07) is 8.33. The molecule has 2 N–H and O–H groups in total. The Labute approximate surface area is 111 Å². The van der Waals surface area contributed by atoms with Crippen LogP contribution in [0, 0.1) is 0 Å². The van der Waals surface area contributed by atoms with Crippen LogP contribution in [0.1, 0.15) is 18.1 Å². The fraction of sp³-hybridized carbons (Fsp3) is 0.231. The molecule has 18 heavy (non-hydrogen) atoms. The topological polar surface area (TPSA) is 53.6 Å². The summed E-state index contributed by atoms with van der Waals surface area (Å²) in [5, 5.41) is 10.9. The first-order valence-electron chi connectivity index (χ1n) is 5.82. The molecule has 2 aromatic rings. The first-order chi connectivity index (χ1) is 8.81. The predicted molar refractivity (Wildman–Crippen MR) is 76.6 cm³/mol. The molecule has 1 heterocycles. The lowest BCUT2D eigenvalue weighted by atomic mass is 10.1. The van der Waals surface area contributed by atoms with Crippen LogP contribution in [0.25, 0.3) is 6.08 Å². The Hall–Kier alpha value is -1.75. The highest BCUT2D eigenvalue weighted by Crippen LogP contribution is 2.20. The molecule has 0 aliphatic rings. The van der Waals surface area contributed by atoms with Crippen molar-refractivity contribution in [3.63, 3.8) is 0 Å². The largest absolute Gasteiger partial charge is 0.353 e. The van der Waals surface area contributed by atoms with Crippen LogP contribution in [0.2, 0.25) is 0 Å². The summed E-state index contributed by atoms with van der Waals surface area (Å²) in [5.41, 5.74) is 2.39. The maximum absolute atomic E-state index is 4.32. The number of thioether (sulfide) groups is 1. The van der Waals surface area contributed by atoms with Crippen molar-refractivity contribution in [3.05, 3.63) is 42.0 Å². The molecule has 0 radical (unpaired) electrons. The minimum Gasteiger partial charge on any atom is -0.353 e. The molecule has 1 aromatic heterocycles. The molecular weight excluding hydrogens is 244 g/mol. The average Bonchev–Trinajstić information content (AvgIpc) is 2.85. The second-order valence-corrected chi connectivity index (χ2v) is 4.69. The molecule has 0 atom stereocenters. The Balaban J connectivity index is 1.91. The van der Waals surface area contributed by atoms with Crippen LogP contribution >= 0.6 is 11.8 Å².